The summed E-state index contributed by atoms with van der Waals surface area (Å²) in [5.41, 5.74) is 10.9. The number of aromatic nitrogens is 3. The van der Waals surface area contributed by atoms with E-state index >= 15 is 0 Å². The van der Waals surface area contributed by atoms with Gasteiger partial charge in [-0.1, -0.05) is 90.1 Å². The maximum atomic E-state index is 14.6. The predicted molar refractivity (Wildman–Crippen MR) is 355 cm³/mol. The number of nitrogens with two attached hydrogens (primary N) is 1. The minimum Gasteiger partial charge on any atom is -0.497 e. The average molecular weight is 1260 g/mol. The Morgan fingerprint density at radius 1 is 0.400 bits per heavy atom. The van der Waals surface area contributed by atoms with Crippen LogP contribution in [0.25, 0.3) is 0 Å². The average Bonchev–Trinajstić information content (AvgIpc) is 2.57. The maximum Gasteiger partial charge on any atom is 0.276 e. The molecule has 3 unspecified atom stereocenters. The van der Waals surface area contributed by atoms with Crippen molar-refractivity contribution < 1.29 is 42.6 Å². The Labute approximate surface area is 525 Å². The second kappa shape index (κ2) is 30.2. The van der Waals surface area contributed by atoms with Gasteiger partial charge in [0.1, 0.15) is 33.6 Å². The zero-order valence-electron chi connectivity index (χ0n) is 49.9. The van der Waals surface area contributed by atoms with Crippen LogP contribution >= 0.6 is 22.1 Å². The molecule has 1 aliphatic heterocycles. The lowest BCUT2D eigenvalue weighted by molar-refractivity contribution is 0.207. The molecule has 1 fully saturated rings. The van der Waals surface area contributed by atoms with Gasteiger partial charge in [0.2, 0.25) is 0 Å². The van der Waals surface area contributed by atoms with E-state index in [2.05, 4.69) is 50.2 Å². The fourth-order valence-corrected chi connectivity index (χ4v) is 14.2. The van der Waals surface area contributed by atoms with Crippen LogP contribution < -0.4 is 52.2 Å². The fourth-order valence-electron chi connectivity index (χ4n) is 9.96. The van der Waals surface area contributed by atoms with Crippen LogP contribution in [0.1, 0.15) is 56.9 Å². The van der Waals surface area contributed by atoms with Crippen molar-refractivity contribution in [1.29, 1.82) is 0 Å². The molecular weight excluding hydrogens is 1190 g/mol. The van der Waals surface area contributed by atoms with E-state index in [1.165, 1.54) is 0 Å². The maximum absolute atomic E-state index is 14.6. The molecule has 4 heterocycles. The highest BCUT2D eigenvalue weighted by Crippen LogP contribution is 2.40. The Bertz CT molecular complexity index is 4100. The molecule has 6 aromatic carbocycles. The summed E-state index contributed by atoms with van der Waals surface area (Å²) in [7, 11) is -9.48. The molecule has 5 N–H and O–H groups in total. The molecule has 1 aliphatic rings. The van der Waals surface area contributed by atoms with Crippen LogP contribution in [0.4, 0.5) is 0 Å². The second-order valence-electron chi connectivity index (χ2n) is 21.4. The third kappa shape index (κ3) is 17.1. The number of benzene rings is 6. The fraction of sp³-hybridized carbons (Fsp3) is 0.197. The van der Waals surface area contributed by atoms with Crippen molar-refractivity contribution in [1.82, 2.24) is 29.7 Å². The Kier molecular flexibility index (Phi) is 21.5. The SMILES string of the molecule is COc1ccc(C#Cc2cc(CN3CCN(Cc4cc(C#Cc5ccc(OC)cc5)cc(P(=O)(O)c5ccccc5)n4)CCN(Cc4cc(C#Cc5ccc(OCCCN)cc5)cc(P(=O)(O)c5ccccc5)n4)CC3)nc(P(=O)(O)c3ccccc3)c2)cc1. The monoisotopic (exact) mass is 1260 g/mol. The minimum atomic E-state index is -4.23. The molecule has 16 nitrogen and oxygen atoms in total. The molecule has 456 valence electrons. The van der Waals surface area contributed by atoms with Crippen LogP contribution in [-0.2, 0) is 33.3 Å². The predicted octanol–water partition coefficient (Wildman–Crippen LogP) is 7.30. The molecule has 9 aromatic rings. The van der Waals surface area contributed by atoms with Gasteiger partial charge in [-0.05, 0) is 159 Å². The van der Waals surface area contributed by atoms with Crippen molar-refractivity contribution in [2.75, 3.05) is 66.6 Å². The Hall–Kier alpha value is -8.74. The summed E-state index contributed by atoms with van der Waals surface area (Å²) in [5.74, 6) is 21.4. The van der Waals surface area contributed by atoms with Gasteiger partial charge in [0.15, 0.2) is 0 Å². The van der Waals surface area contributed by atoms with E-state index in [1.54, 1.807) is 123 Å². The first-order chi connectivity index (χ1) is 43.6. The summed E-state index contributed by atoms with van der Waals surface area (Å²) >= 11 is 0. The Balaban J connectivity index is 1.02. The summed E-state index contributed by atoms with van der Waals surface area (Å²) in [6.07, 6.45) is 0.726. The second-order valence-corrected chi connectivity index (χ2v) is 27.8. The van der Waals surface area contributed by atoms with Gasteiger partial charge in [0, 0.05) is 108 Å². The molecule has 0 bridgehead atoms. The van der Waals surface area contributed by atoms with E-state index in [0.717, 1.165) is 17.5 Å². The van der Waals surface area contributed by atoms with Crippen LogP contribution in [0.15, 0.2) is 200 Å². The molecule has 10 rings (SSSR count). The number of rotatable bonds is 18. The van der Waals surface area contributed by atoms with E-state index in [9.17, 15) is 28.4 Å². The highest BCUT2D eigenvalue weighted by atomic mass is 31.2. The summed E-state index contributed by atoms with van der Waals surface area (Å²) in [6, 6.07) is 57.7. The molecule has 0 amide bonds. The lowest BCUT2D eigenvalue weighted by Gasteiger charge is -2.26. The van der Waals surface area contributed by atoms with Gasteiger partial charge in [-0.15, -0.1) is 0 Å². The van der Waals surface area contributed by atoms with E-state index < -0.39 is 22.1 Å². The van der Waals surface area contributed by atoms with Crippen molar-refractivity contribution in [3.63, 3.8) is 0 Å². The molecule has 0 saturated carbocycles. The third-order valence-electron chi connectivity index (χ3n) is 14.9. The van der Waals surface area contributed by atoms with Gasteiger partial charge >= 0.3 is 0 Å². The smallest absolute Gasteiger partial charge is 0.276 e. The van der Waals surface area contributed by atoms with Crippen LogP contribution in [0.2, 0.25) is 0 Å². The van der Waals surface area contributed by atoms with E-state index in [1.807, 2.05) is 91.0 Å². The molecule has 0 radical (unpaired) electrons. The quantitative estimate of drug-likeness (QED) is 0.0377. The van der Waals surface area contributed by atoms with E-state index in [0.29, 0.717) is 109 Å². The van der Waals surface area contributed by atoms with Crippen molar-refractivity contribution >= 4 is 54.3 Å². The highest BCUT2D eigenvalue weighted by Gasteiger charge is 2.31. The molecule has 19 heteroatoms. The lowest BCUT2D eigenvalue weighted by atomic mass is 10.1. The summed E-state index contributed by atoms with van der Waals surface area (Å²) in [6.45, 7) is 4.73. The Morgan fingerprint density at radius 3 is 0.956 bits per heavy atom. The number of pyridine rings is 3. The van der Waals surface area contributed by atoms with Gasteiger partial charge in [-0.2, -0.15) is 0 Å². The highest BCUT2D eigenvalue weighted by molar-refractivity contribution is 7.74. The van der Waals surface area contributed by atoms with E-state index in [4.69, 9.17) is 34.9 Å². The first-order valence-corrected chi connectivity index (χ1v) is 34.3. The first-order valence-electron chi connectivity index (χ1n) is 29.3. The molecule has 1 saturated heterocycles. The van der Waals surface area contributed by atoms with Crippen molar-refractivity contribution in [3.8, 4) is 52.8 Å². The normalized spacial score (nSPS) is 15.0. The number of nitrogens with zero attached hydrogens (tertiary/aromatic N) is 6. The summed E-state index contributed by atoms with van der Waals surface area (Å²) in [5, 5.41) is 0.701. The van der Waals surface area contributed by atoms with Gasteiger partial charge in [0.05, 0.1) is 37.9 Å². The van der Waals surface area contributed by atoms with Crippen LogP contribution in [0.5, 0.6) is 17.2 Å². The van der Waals surface area contributed by atoms with Crippen molar-refractivity contribution in [3.05, 3.63) is 251 Å². The zero-order chi connectivity index (χ0) is 62.9. The number of ether oxygens (including phenoxy) is 3. The third-order valence-corrected chi connectivity index (χ3v) is 20.4. The van der Waals surface area contributed by atoms with Gasteiger partial charge in [0.25, 0.3) is 22.1 Å². The van der Waals surface area contributed by atoms with Crippen LogP contribution in [0, 0.1) is 35.5 Å². The standard InChI is InChI=1S/C71H68N7O9P3/c1-85-63-31-25-54(26-32-63)19-22-57-45-60(73-69(48-57)88(79,80)66-13-6-3-7-14-66)51-76-38-39-77(52-61-46-58(23-20-55-27-33-64(86-2)34-28-55)49-70(74-61)89(81,82)67-15-8-4-9-16-67)41-43-78(42-40-76)53-62-47-59(24-21-56-29-35-65(36-30-56)87-44-12-37-72)50-71(75-62)90(83,84)68-17-10-5-11-18-68/h3-11,13-18,25-36,45-50H,12,37-44,51-53,72H2,1-2H3,(H,79,80)(H,81,82)(H,83,84). The summed E-state index contributed by atoms with van der Waals surface area (Å²) < 4.78 is 60.1. The number of hydrogen-bond acceptors (Lipinski definition) is 13. The summed E-state index contributed by atoms with van der Waals surface area (Å²) in [4.78, 5) is 57.1. The first kappa shape index (κ1) is 64.3. The molecule has 3 aromatic heterocycles. The minimum absolute atomic E-state index is 0.00262. The molecular formula is C71H68N7O9P3. The molecule has 3 atom stereocenters. The lowest BCUT2D eigenvalue weighted by Crippen LogP contribution is -2.36. The molecule has 90 heavy (non-hydrogen) atoms. The Morgan fingerprint density at radius 2 is 0.678 bits per heavy atom. The number of methoxy groups -OCH3 is 2. The zero-order valence-corrected chi connectivity index (χ0v) is 52.6. The van der Waals surface area contributed by atoms with Crippen LogP contribution in [0.3, 0.4) is 0 Å². The molecule has 0 aliphatic carbocycles. The topological polar surface area (TPSA) is 214 Å². The van der Waals surface area contributed by atoms with Gasteiger partial charge < -0.3 is 34.6 Å². The molecule has 0 spiro atoms. The van der Waals surface area contributed by atoms with Gasteiger partial charge in [-0.3, -0.25) is 28.4 Å². The van der Waals surface area contributed by atoms with Crippen molar-refractivity contribution in [2.24, 2.45) is 5.73 Å². The number of hydrogen-bond donors (Lipinski definition) is 4. The van der Waals surface area contributed by atoms with E-state index in [-0.39, 0.29) is 51.9 Å². The van der Waals surface area contributed by atoms with Crippen LogP contribution in [-0.4, -0.2) is 111 Å². The largest absolute Gasteiger partial charge is 0.497 e. The van der Waals surface area contributed by atoms with Gasteiger partial charge in [-0.25, -0.2) is 15.0 Å². The van der Waals surface area contributed by atoms with Crippen molar-refractivity contribution in [2.45, 2.75) is 26.1 Å².